The summed E-state index contributed by atoms with van der Waals surface area (Å²) in [5.74, 6) is 0.277. The molecule has 3 aromatic heterocycles. The van der Waals surface area contributed by atoms with Crippen molar-refractivity contribution >= 4 is 33.6 Å². The Kier molecular flexibility index (Phi) is 5.25. The van der Waals surface area contributed by atoms with Gasteiger partial charge in [-0.25, -0.2) is 19.2 Å². The maximum Gasteiger partial charge on any atom is 0.190 e. The van der Waals surface area contributed by atoms with Gasteiger partial charge in [-0.2, -0.15) is 0 Å². The Hall–Kier alpha value is -3.48. The van der Waals surface area contributed by atoms with Crippen molar-refractivity contribution in [2.75, 3.05) is 45.2 Å². The number of nitrogens with one attached hydrogen (secondary N) is 1. The molecule has 32 heavy (non-hydrogen) atoms. The summed E-state index contributed by atoms with van der Waals surface area (Å²) in [7, 11) is 3.79. The summed E-state index contributed by atoms with van der Waals surface area (Å²) in [5, 5.41) is 4.11. The van der Waals surface area contributed by atoms with Crippen molar-refractivity contribution < 1.29 is 9.13 Å². The van der Waals surface area contributed by atoms with E-state index in [1.54, 1.807) is 12.4 Å². The van der Waals surface area contributed by atoms with Gasteiger partial charge in [0.2, 0.25) is 0 Å². The summed E-state index contributed by atoms with van der Waals surface area (Å²) in [6.07, 6.45) is 1.77. The molecule has 0 amide bonds. The van der Waals surface area contributed by atoms with Crippen LogP contribution in [0.5, 0.6) is 0 Å². The number of imidazole rings is 1. The summed E-state index contributed by atoms with van der Waals surface area (Å²) < 4.78 is 23.9. The average Bonchev–Trinajstić information content (AvgIpc) is 3.37. The van der Waals surface area contributed by atoms with Gasteiger partial charge in [-0.3, -0.25) is 4.90 Å². The number of ether oxygens (including phenoxy) is 1. The number of fused-ring (bicyclic) bond motifs is 3. The number of benzene rings is 1. The maximum atomic E-state index is 14.3. The van der Waals surface area contributed by atoms with Crippen LogP contribution < -0.4 is 5.32 Å². The molecule has 1 aliphatic rings. The van der Waals surface area contributed by atoms with Crippen LogP contribution in [-0.4, -0.2) is 63.9 Å². The van der Waals surface area contributed by atoms with Crippen molar-refractivity contribution in [3.8, 4) is 11.3 Å². The highest BCUT2D eigenvalue weighted by Gasteiger charge is 2.21. The third kappa shape index (κ3) is 3.47. The Balaban J connectivity index is 1.72. The maximum absolute atomic E-state index is 14.3. The third-order valence-electron chi connectivity index (χ3n) is 5.99. The van der Waals surface area contributed by atoms with Gasteiger partial charge in [0.1, 0.15) is 17.0 Å². The number of aromatic nitrogens is 4. The molecule has 0 radical (unpaired) electrons. The first-order valence-corrected chi connectivity index (χ1v) is 10.6. The number of hydrogen-bond acceptors (Lipinski definition) is 5. The topological polar surface area (TPSA) is 64.5 Å². The Morgan fingerprint density at radius 3 is 2.75 bits per heavy atom. The van der Waals surface area contributed by atoms with Crippen LogP contribution in [0.2, 0.25) is 0 Å². The molecule has 1 N–H and O–H groups in total. The summed E-state index contributed by atoms with van der Waals surface area (Å²) in [5.41, 5.74) is 4.34. The van der Waals surface area contributed by atoms with Gasteiger partial charge in [0, 0.05) is 51.4 Å². The number of anilines is 1. The van der Waals surface area contributed by atoms with E-state index >= 15 is 0 Å². The van der Waals surface area contributed by atoms with E-state index in [0.29, 0.717) is 17.9 Å². The molecule has 0 aliphatic carbocycles. The SMILES string of the molecule is [C-]#[N+]c1cc(F)cc(-c2cc3c4c(ncn4C)c(NC)nc3n2CCN2CCOCC2)c1. The molecule has 1 aliphatic heterocycles. The second kappa shape index (κ2) is 8.22. The first-order chi connectivity index (χ1) is 15.6. The number of hydrogen-bond donors (Lipinski definition) is 1. The number of halogens is 1. The number of aryl methyl sites for hydroxylation is 1. The van der Waals surface area contributed by atoms with Crippen LogP contribution in [0.4, 0.5) is 15.9 Å². The van der Waals surface area contributed by atoms with Crippen LogP contribution in [0, 0.1) is 12.4 Å². The van der Waals surface area contributed by atoms with E-state index in [9.17, 15) is 4.39 Å². The van der Waals surface area contributed by atoms with Gasteiger partial charge < -0.3 is 19.2 Å². The van der Waals surface area contributed by atoms with Crippen molar-refractivity contribution in [1.29, 1.82) is 0 Å². The van der Waals surface area contributed by atoms with Crippen LogP contribution in [0.15, 0.2) is 30.6 Å². The first-order valence-electron chi connectivity index (χ1n) is 10.6. The molecule has 8 nitrogen and oxygen atoms in total. The van der Waals surface area contributed by atoms with Crippen molar-refractivity contribution in [1.82, 2.24) is 24.0 Å². The van der Waals surface area contributed by atoms with E-state index < -0.39 is 5.82 Å². The second-order valence-electron chi connectivity index (χ2n) is 7.95. The molecule has 4 heterocycles. The van der Waals surface area contributed by atoms with Crippen LogP contribution in [0.25, 0.3) is 38.2 Å². The molecule has 1 aromatic carbocycles. The first kappa shape index (κ1) is 20.4. The lowest BCUT2D eigenvalue weighted by Crippen LogP contribution is -2.38. The largest absolute Gasteiger partial charge is 0.379 e. The van der Waals surface area contributed by atoms with E-state index in [2.05, 4.69) is 24.6 Å². The normalized spacial score (nSPS) is 14.8. The number of morpholine rings is 1. The standard InChI is InChI=1S/C23H24FN7O/c1-25-17-11-15(10-16(24)12-17)19-13-18-21-20(27-14-29(21)3)22(26-2)28-23(18)31(19)5-4-30-6-8-32-9-7-30/h10-14H,4-9H2,2-3H3,(H,26,28). The quantitative estimate of drug-likeness (QED) is 0.487. The summed E-state index contributed by atoms with van der Waals surface area (Å²) in [4.78, 5) is 15.2. The number of pyridine rings is 1. The Morgan fingerprint density at radius 1 is 1.19 bits per heavy atom. The minimum absolute atomic E-state index is 0.277. The van der Waals surface area contributed by atoms with Gasteiger partial charge in [-0.1, -0.05) is 0 Å². The molecule has 1 saturated heterocycles. The number of nitrogens with zero attached hydrogens (tertiary/aromatic N) is 6. The lowest BCUT2D eigenvalue weighted by atomic mass is 10.1. The van der Waals surface area contributed by atoms with Gasteiger partial charge in [0.05, 0.1) is 31.6 Å². The fourth-order valence-electron chi connectivity index (χ4n) is 4.41. The van der Waals surface area contributed by atoms with Gasteiger partial charge in [-0.15, -0.1) is 0 Å². The Morgan fingerprint density at radius 2 is 2.00 bits per heavy atom. The molecule has 5 rings (SSSR count). The van der Waals surface area contributed by atoms with Crippen molar-refractivity contribution in [3.63, 3.8) is 0 Å². The van der Waals surface area contributed by atoms with Gasteiger partial charge >= 0.3 is 0 Å². The summed E-state index contributed by atoms with van der Waals surface area (Å²) in [6, 6.07) is 6.50. The Bertz CT molecular complexity index is 1340. The minimum Gasteiger partial charge on any atom is -0.379 e. The molecule has 0 unspecified atom stereocenters. The average molecular weight is 433 g/mol. The van der Waals surface area contributed by atoms with Crippen LogP contribution in [0.1, 0.15) is 0 Å². The predicted octanol–water partition coefficient (Wildman–Crippen LogP) is 3.65. The molecular formula is C23H24FN7O. The fourth-order valence-corrected chi connectivity index (χ4v) is 4.41. The van der Waals surface area contributed by atoms with Crippen LogP contribution in [0.3, 0.4) is 0 Å². The molecular weight excluding hydrogens is 409 g/mol. The van der Waals surface area contributed by atoms with E-state index in [4.69, 9.17) is 16.3 Å². The van der Waals surface area contributed by atoms with Gasteiger partial charge in [0.25, 0.3) is 0 Å². The van der Waals surface area contributed by atoms with Gasteiger partial charge in [-0.05, 0) is 29.8 Å². The molecule has 4 aromatic rings. The van der Waals surface area contributed by atoms with Crippen molar-refractivity contribution in [3.05, 3.63) is 47.8 Å². The fraction of sp³-hybridized carbons (Fsp3) is 0.348. The predicted molar refractivity (Wildman–Crippen MR) is 122 cm³/mol. The molecule has 0 atom stereocenters. The smallest absolute Gasteiger partial charge is 0.190 e. The zero-order valence-corrected chi connectivity index (χ0v) is 18.1. The highest BCUT2D eigenvalue weighted by atomic mass is 19.1. The molecule has 9 heteroatoms. The van der Waals surface area contributed by atoms with Crippen LogP contribution in [-0.2, 0) is 18.3 Å². The Labute approximate surface area is 185 Å². The third-order valence-corrected chi connectivity index (χ3v) is 5.99. The van der Waals surface area contributed by atoms with Crippen LogP contribution >= 0.6 is 0 Å². The van der Waals surface area contributed by atoms with E-state index in [-0.39, 0.29) is 5.69 Å². The van der Waals surface area contributed by atoms with E-state index in [1.165, 1.54) is 12.1 Å². The summed E-state index contributed by atoms with van der Waals surface area (Å²) >= 11 is 0. The molecule has 0 bridgehead atoms. The van der Waals surface area contributed by atoms with E-state index in [0.717, 1.165) is 60.6 Å². The molecule has 1 fully saturated rings. The van der Waals surface area contributed by atoms with Crippen molar-refractivity contribution in [2.45, 2.75) is 6.54 Å². The zero-order chi connectivity index (χ0) is 22.2. The van der Waals surface area contributed by atoms with Crippen molar-refractivity contribution in [2.24, 2.45) is 7.05 Å². The number of rotatable bonds is 5. The second-order valence-corrected chi connectivity index (χ2v) is 7.95. The zero-order valence-electron chi connectivity index (χ0n) is 18.1. The summed E-state index contributed by atoms with van der Waals surface area (Å²) in [6.45, 7) is 12.1. The monoisotopic (exact) mass is 433 g/mol. The lowest BCUT2D eigenvalue weighted by Gasteiger charge is -2.27. The highest BCUT2D eigenvalue weighted by molar-refractivity contribution is 6.07. The molecule has 0 saturated carbocycles. The van der Waals surface area contributed by atoms with E-state index in [1.807, 2.05) is 24.7 Å². The molecule has 164 valence electrons. The molecule has 0 spiro atoms. The highest BCUT2D eigenvalue weighted by Crippen LogP contribution is 2.35. The lowest BCUT2D eigenvalue weighted by molar-refractivity contribution is 0.0366. The minimum atomic E-state index is -0.423. The van der Waals surface area contributed by atoms with Gasteiger partial charge in [0.15, 0.2) is 11.5 Å².